The molecule has 1 saturated heterocycles. The van der Waals surface area contributed by atoms with Crippen LogP contribution in [0.2, 0.25) is 0 Å². The maximum atomic E-state index is 12.1. The molecule has 0 radical (unpaired) electrons. The molecule has 1 atom stereocenters. The Hall–Kier alpha value is -1.86. The number of carbonyl (C=O) groups excluding carboxylic acids is 1. The molecule has 122 valence electrons. The highest BCUT2D eigenvalue weighted by Crippen LogP contribution is 2.25. The predicted molar refractivity (Wildman–Crippen MR) is 89.5 cm³/mol. The average Bonchev–Trinajstić information content (AvgIpc) is 3.18. The van der Waals surface area contributed by atoms with Crippen molar-refractivity contribution in [1.82, 2.24) is 15.5 Å². The van der Waals surface area contributed by atoms with E-state index in [9.17, 15) is 4.79 Å². The summed E-state index contributed by atoms with van der Waals surface area (Å²) in [4.78, 5) is 12.1. The van der Waals surface area contributed by atoms with E-state index < -0.39 is 0 Å². The van der Waals surface area contributed by atoms with Crippen molar-refractivity contribution in [3.8, 4) is 0 Å². The lowest BCUT2D eigenvalue weighted by Gasteiger charge is -2.08. The van der Waals surface area contributed by atoms with Gasteiger partial charge in [-0.2, -0.15) is 0 Å². The molecule has 2 aromatic rings. The summed E-state index contributed by atoms with van der Waals surface area (Å²) in [5, 5.41) is 14.7. The molecule has 0 aliphatic carbocycles. The van der Waals surface area contributed by atoms with Crippen molar-refractivity contribution < 1.29 is 9.21 Å². The van der Waals surface area contributed by atoms with E-state index in [1.54, 1.807) is 0 Å². The fourth-order valence-corrected chi connectivity index (χ4v) is 3.15. The lowest BCUT2D eigenvalue weighted by molar-refractivity contribution is -0.113. The molecule has 7 heteroatoms. The highest BCUT2D eigenvalue weighted by Gasteiger charge is 2.22. The molecule has 1 fully saturated rings. The van der Waals surface area contributed by atoms with Gasteiger partial charge in [0.15, 0.2) is 0 Å². The van der Waals surface area contributed by atoms with E-state index in [4.69, 9.17) is 4.42 Å². The number of hydrogen-bond acceptors (Lipinski definition) is 6. The van der Waals surface area contributed by atoms with Gasteiger partial charge in [-0.1, -0.05) is 29.5 Å². The van der Waals surface area contributed by atoms with Crippen molar-refractivity contribution in [3.05, 3.63) is 35.2 Å². The first kappa shape index (κ1) is 16.0. The highest BCUT2D eigenvalue weighted by atomic mass is 32.2. The van der Waals surface area contributed by atoms with Gasteiger partial charge in [0.2, 0.25) is 11.8 Å². The zero-order chi connectivity index (χ0) is 16.2. The Labute approximate surface area is 139 Å². The van der Waals surface area contributed by atoms with E-state index in [1.165, 1.54) is 17.3 Å². The standard InChI is InChI=1S/C16H20N4O2S/c1-10-5-6-12(11(2)8-10)18-14(21)9-23-16-20-19-15(22-16)13-4-3-7-17-13/h5-6,8,13,17H,3-4,7,9H2,1-2H3,(H,18,21). The monoisotopic (exact) mass is 332 g/mol. The molecule has 1 unspecified atom stereocenters. The lowest BCUT2D eigenvalue weighted by Crippen LogP contribution is -2.14. The van der Waals surface area contributed by atoms with Gasteiger partial charge >= 0.3 is 0 Å². The van der Waals surface area contributed by atoms with Crippen molar-refractivity contribution >= 4 is 23.4 Å². The number of nitrogens with one attached hydrogen (secondary N) is 2. The smallest absolute Gasteiger partial charge is 0.277 e. The molecule has 1 aliphatic rings. The Bertz CT molecular complexity index is 695. The van der Waals surface area contributed by atoms with Crippen LogP contribution in [0.1, 0.15) is 35.9 Å². The van der Waals surface area contributed by atoms with Crippen LogP contribution in [0, 0.1) is 13.8 Å². The molecule has 1 aromatic carbocycles. The average molecular weight is 332 g/mol. The van der Waals surface area contributed by atoms with Crippen LogP contribution in [0.5, 0.6) is 0 Å². The fraction of sp³-hybridized carbons (Fsp3) is 0.438. The van der Waals surface area contributed by atoms with Gasteiger partial charge in [-0.05, 0) is 44.9 Å². The van der Waals surface area contributed by atoms with E-state index in [0.717, 1.165) is 30.6 Å². The molecular formula is C16H20N4O2S. The summed E-state index contributed by atoms with van der Waals surface area (Å²) in [6.45, 7) is 4.99. The number of aromatic nitrogens is 2. The second kappa shape index (κ2) is 7.14. The van der Waals surface area contributed by atoms with E-state index in [0.29, 0.717) is 11.1 Å². The third-order valence-electron chi connectivity index (χ3n) is 3.76. The Kier molecular flexibility index (Phi) is 4.97. The number of hydrogen-bond donors (Lipinski definition) is 2. The summed E-state index contributed by atoms with van der Waals surface area (Å²) < 4.78 is 5.61. The minimum Gasteiger partial charge on any atom is -0.414 e. The first-order valence-corrected chi connectivity index (χ1v) is 8.67. The Balaban J connectivity index is 1.52. The largest absolute Gasteiger partial charge is 0.414 e. The third kappa shape index (κ3) is 4.11. The predicted octanol–water partition coefficient (Wildman–Crippen LogP) is 2.84. The topological polar surface area (TPSA) is 80.0 Å². The number of amides is 1. The number of carbonyl (C=O) groups is 1. The number of anilines is 1. The molecule has 2 N–H and O–H groups in total. The molecule has 0 bridgehead atoms. The van der Waals surface area contributed by atoms with Gasteiger partial charge in [0.05, 0.1) is 11.8 Å². The summed E-state index contributed by atoms with van der Waals surface area (Å²) in [7, 11) is 0. The minimum absolute atomic E-state index is 0.0827. The van der Waals surface area contributed by atoms with Gasteiger partial charge in [-0.15, -0.1) is 10.2 Å². The van der Waals surface area contributed by atoms with Gasteiger partial charge in [-0.3, -0.25) is 4.79 Å². The van der Waals surface area contributed by atoms with Gasteiger partial charge in [0, 0.05) is 5.69 Å². The van der Waals surface area contributed by atoms with Gasteiger partial charge in [0.1, 0.15) is 0 Å². The molecule has 0 spiro atoms. The Morgan fingerprint density at radius 2 is 2.30 bits per heavy atom. The van der Waals surface area contributed by atoms with Crippen LogP contribution in [-0.4, -0.2) is 28.4 Å². The first-order chi connectivity index (χ1) is 11.1. The quantitative estimate of drug-likeness (QED) is 0.820. The van der Waals surface area contributed by atoms with Crippen molar-refractivity contribution in [2.75, 3.05) is 17.6 Å². The molecule has 2 heterocycles. The maximum absolute atomic E-state index is 12.1. The zero-order valence-corrected chi connectivity index (χ0v) is 14.1. The minimum atomic E-state index is -0.0827. The second-order valence-electron chi connectivity index (χ2n) is 5.71. The van der Waals surface area contributed by atoms with Crippen LogP contribution in [0.4, 0.5) is 5.69 Å². The molecular weight excluding hydrogens is 312 g/mol. The molecule has 1 aromatic heterocycles. The van der Waals surface area contributed by atoms with Gasteiger partial charge in [0.25, 0.3) is 5.22 Å². The number of benzene rings is 1. The fourth-order valence-electron chi connectivity index (χ4n) is 2.58. The van der Waals surface area contributed by atoms with Crippen LogP contribution in [0.15, 0.2) is 27.8 Å². The van der Waals surface area contributed by atoms with Gasteiger partial charge in [-0.25, -0.2) is 0 Å². The summed E-state index contributed by atoms with van der Waals surface area (Å²) in [5.74, 6) is 0.771. The second-order valence-corrected chi connectivity index (χ2v) is 6.64. The molecule has 0 saturated carbocycles. The Morgan fingerprint density at radius 3 is 3.04 bits per heavy atom. The zero-order valence-electron chi connectivity index (χ0n) is 13.3. The molecule has 23 heavy (non-hydrogen) atoms. The van der Waals surface area contributed by atoms with Gasteiger partial charge < -0.3 is 15.1 Å². The summed E-state index contributed by atoms with van der Waals surface area (Å²) in [5.41, 5.74) is 3.06. The molecule has 1 aliphatic heterocycles. The van der Waals surface area contributed by atoms with E-state index in [2.05, 4.69) is 20.8 Å². The number of aryl methyl sites for hydroxylation is 2. The maximum Gasteiger partial charge on any atom is 0.277 e. The number of nitrogens with zero attached hydrogens (tertiary/aromatic N) is 2. The SMILES string of the molecule is Cc1ccc(NC(=O)CSc2nnc(C3CCCN3)o2)c(C)c1. The number of thioether (sulfide) groups is 1. The number of rotatable bonds is 5. The molecule has 6 nitrogen and oxygen atoms in total. The van der Waals surface area contributed by atoms with Crippen molar-refractivity contribution in [1.29, 1.82) is 0 Å². The first-order valence-electron chi connectivity index (χ1n) is 7.68. The van der Waals surface area contributed by atoms with Crippen molar-refractivity contribution in [3.63, 3.8) is 0 Å². The van der Waals surface area contributed by atoms with Crippen LogP contribution in [0.3, 0.4) is 0 Å². The normalized spacial score (nSPS) is 17.4. The third-order valence-corrected chi connectivity index (χ3v) is 4.58. The van der Waals surface area contributed by atoms with E-state index in [-0.39, 0.29) is 17.7 Å². The Morgan fingerprint density at radius 1 is 1.43 bits per heavy atom. The van der Waals surface area contributed by atoms with Crippen LogP contribution < -0.4 is 10.6 Å². The summed E-state index contributed by atoms with van der Waals surface area (Å²) in [6, 6.07) is 6.10. The van der Waals surface area contributed by atoms with E-state index in [1.807, 2.05) is 32.0 Å². The highest BCUT2D eigenvalue weighted by molar-refractivity contribution is 7.99. The van der Waals surface area contributed by atoms with Crippen LogP contribution in [0.25, 0.3) is 0 Å². The molecule has 3 rings (SSSR count). The van der Waals surface area contributed by atoms with Crippen molar-refractivity contribution in [2.45, 2.75) is 38.0 Å². The summed E-state index contributed by atoms with van der Waals surface area (Å²) in [6.07, 6.45) is 2.13. The van der Waals surface area contributed by atoms with Crippen LogP contribution in [-0.2, 0) is 4.79 Å². The van der Waals surface area contributed by atoms with Crippen molar-refractivity contribution in [2.24, 2.45) is 0 Å². The lowest BCUT2D eigenvalue weighted by atomic mass is 10.1. The van der Waals surface area contributed by atoms with Crippen LogP contribution >= 0.6 is 11.8 Å². The summed E-state index contributed by atoms with van der Waals surface area (Å²) >= 11 is 1.26. The molecule has 1 amide bonds. The van der Waals surface area contributed by atoms with E-state index >= 15 is 0 Å².